The molecule has 1 heterocycles. The molecule has 0 aliphatic rings. The molecule has 0 saturated carbocycles. The molecule has 3 N–H and O–H groups in total. The maximum atomic E-state index is 12.2. The summed E-state index contributed by atoms with van der Waals surface area (Å²) in [6, 6.07) is 1.54. The van der Waals surface area contributed by atoms with Gasteiger partial charge >= 0.3 is 0 Å². The fourth-order valence-corrected chi connectivity index (χ4v) is 3.04. The zero-order valence-electron chi connectivity index (χ0n) is 11.5. The van der Waals surface area contributed by atoms with Crippen LogP contribution in [-0.2, 0) is 23.1 Å². The van der Waals surface area contributed by atoms with Crippen LogP contribution < -0.4 is 10.5 Å². The molecular formula is C12H23N3O2S. The molecule has 5 nitrogen and oxygen atoms in total. The summed E-state index contributed by atoms with van der Waals surface area (Å²) in [7, 11) is -3.45. The quantitative estimate of drug-likeness (QED) is 0.820. The Morgan fingerprint density at radius 3 is 2.39 bits per heavy atom. The van der Waals surface area contributed by atoms with E-state index in [1.165, 1.54) is 0 Å². The van der Waals surface area contributed by atoms with E-state index in [1.807, 2.05) is 32.3 Å². The van der Waals surface area contributed by atoms with Crippen LogP contribution in [0.5, 0.6) is 0 Å². The van der Waals surface area contributed by atoms with Crippen molar-refractivity contribution in [3.8, 4) is 0 Å². The van der Waals surface area contributed by atoms with Crippen LogP contribution in [-0.4, -0.2) is 19.0 Å². The number of nitrogens with one attached hydrogen (secondary N) is 1. The molecule has 0 aliphatic carbocycles. The van der Waals surface area contributed by atoms with Gasteiger partial charge in [0.1, 0.15) is 0 Å². The predicted octanol–water partition coefficient (Wildman–Crippen LogP) is 1.29. The number of sulfonamides is 1. The van der Waals surface area contributed by atoms with E-state index < -0.39 is 10.0 Å². The lowest BCUT2D eigenvalue weighted by atomic mass is 10.1. The number of aryl methyl sites for hydroxylation is 1. The van der Waals surface area contributed by atoms with Crippen LogP contribution in [0.2, 0.25) is 0 Å². The highest BCUT2D eigenvalue weighted by atomic mass is 32.2. The van der Waals surface area contributed by atoms with E-state index in [4.69, 9.17) is 5.73 Å². The van der Waals surface area contributed by atoms with Crippen LogP contribution in [0.25, 0.3) is 0 Å². The van der Waals surface area contributed by atoms with Crippen molar-refractivity contribution >= 4 is 10.0 Å². The van der Waals surface area contributed by atoms with Gasteiger partial charge in [-0.3, -0.25) is 0 Å². The molecule has 0 radical (unpaired) electrons. The van der Waals surface area contributed by atoms with Crippen molar-refractivity contribution in [2.24, 2.45) is 11.7 Å². The number of rotatable bonds is 6. The third-order valence-corrected chi connectivity index (χ3v) is 4.69. The Kier molecular flexibility index (Phi) is 4.95. The summed E-state index contributed by atoms with van der Waals surface area (Å²) in [5.41, 5.74) is 6.43. The lowest BCUT2D eigenvalue weighted by Gasteiger charge is -2.16. The smallest absolute Gasteiger partial charge is 0.242 e. The molecule has 0 saturated heterocycles. The molecule has 0 aliphatic heterocycles. The van der Waals surface area contributed by atoms with E-state index in [0.29, 0.717) is 13.1 Å². The molecule has 18 heavy (non-hydrogen) atoms. The topological polar surface area (TPSA) is 77.1 Å². The minimum Gasteiger partial charge on any atom is -0.349 e. The van der Waals surface area contributed by atoms with Crippen molar-refractivity contribution in [3.05, 3.63) is 18.0 Å². The molecule has 0 bridgehead atoms. The zero-order chi connectivity index (χ0) is 13.9. The zero-order valence-corrected chi connectivity index (χ0v) is 12.3. The Hall–Kier alpha value is -0.850. The molecule has 1 rings (SSSR count). The molecule has 0 spiro atoms. The summed E-state index contributed by atoms with van der Waals surface area (Å²) in [4.78, 5) is 0.289. The fourth-order valence-electron chi connectivity index (χ4n) is 1.59. The Bertz CT molecular complexity index is 470. The molecule has 0 amide bonds. The highest BCUT2D eigenvalue weighted by molar-refractivity contribution is 7.89. The van der Waals surface area contributed by atoms with Crippen LogP contribution in [0.3, 0.4) is 0 Å². The van der Waals surface area contributed by atoms with Crippen LogP contribution in [0, 0.1) is 5.92 Å². The monoisotopic (exact) mass is 273 g/mol. The lowest BCUT2D eigenvalue weighted by Crippen LogP contribution is -2.35. The average Bonchev–Trinajstić information content (AvgIpc) is 2.71. The molecule has 1 atom stereocenters. The summed E-state index contributed by atoms with van der Waals surface area (Å²) in [5, 5.41) is 0. The molecule has 1 aromatic rings. The second kappa shape index (κ2) is 5.86. The highest BCUT2D eigenvalue weighted by Crippen LogP contribution is 2.15. The second-order valence-corrected chi connectivity index (χ2v) is 6.53. The number of nitrogens with two attached hydrogens (primary N) is 1. The maximum absolute atomic E-state index is 12.2. The van der Waals surface area contributed by atoms with E-state index in [-0.39, 0.29) is 16.9 Å². The van der Waals surface area contributed by atoms with E-state index in [1.54, 1.807) is 12.3 Å². The van der Waals surface area contributed by atoms with Gasteiger partial charge in [-0.25, -0.2) is 13.1 Å². The number of hydrogen-bond donors (Lipinski definition) is 2. The average molecular weight is 273 g/mol. The first-order chi connectivity index (χ1) is 8.31. The summed E-state index contributed by atoms with van der Waals surface area (Å²) in [6.07, 6.45) is 1.64. The van der Waals surface area contributed by atoms with E-state index >= 15 is 0 Å². The van der Waals surface area contributed by atoms with Crippen LogP contribution in [0.15, 0.2) is 17.2 Å². The van der Waals surface area contributed by atoms with Crippen molar-refractivity contribution in [2.75, 3.05) is 0 Å². The summed E-state index contributed by atoms with van der Waals surface area (Å²) in [5.74, 6) is 0.252. The molecule has 104 valence electrons. The SMILES string of the molecule is CCn1cc(S(=O)(=O)NC(C)C(C)C)cc1CN. The van der Waals surface area contributed by atoms with Gasteiger partial charge in [-0.15, -0.1) is 0 Å². The van der Waals surface area contributed by atoms with Gasteiger partial charge < -0.3 is 10.3 Å². The first-order valence-corrected chi connectivity index (χ1v) is 7.71. The van der Waals surface area contributed by atoms with Crippen LogP contribution in [0.4, 0.5) is 0 Å². The van der Waals surface area contributed by atoms with Crippen molar-refractivity contribution in [3.63, 3.8) is 0 Å². The van der Waals surface area contributed by atoms with Gasteiger partial charge in [0, 0.05) is 31.0 Å². The Labute approximate surface area is 109 Å². The van der Waals surface area contributed by atoms with Gasteiger partial charge in [0.15, 0.2) is 0 Å². The second-order valence-electron chi connectivity index (χ2n) is 4.81. The third kappa shape index (κ3) is 3.34. The largest absolute Gasteiger partial charge is 0.349 e. The minimum absolute atomic E-state index is 0.0960. The molecule has 0 fully saturated rings. The molecule has 1 unspecified atom stereocenters. The van der Waals surface area contributed by atoms with Crippen LogP contribution >= 0.6 is 0 Å². The van der Waals surface area contributed by atoms with Gasteiger partial charge in [-0.1, -0.05) is 13.8 Å². The normalized spacial score (nSPS) is 14.1. The first-order valence-electron chi connectivity index (χ1n) is 6.23. The standard InChI is InChI=1S/C12H23N3O2S/c1-5-15-8-12(6-11(15)7-13)18(16,17)14-10(4)9(2)3/h6,8-10,14H,5,7,13H2,1-4H3. The number of nitrogens with zero attached hydrogens (tertiary/aromatic N) is 1. The Morgan fingerprint density at radius 1 is 1.39 bits per heavy atom. The molecule has 6 heteroatoms. The van der Waals surface area contributed by atoms with Gasteiger partial charge in [0.05, 0.1) is 4.90 Å². The summed E-state index contributed by atoms with van der Waals surface area (Å²) in [6.45, 7) is 8.83. The van der Waals surface area contributed by atoms with Gasteiger partial charge in [-0.2, -0.15) is 0 Å². The minimum atomic E-state index is -3.45. The summed E-state index contributed by atoms with van der Waals surface area (Å²) < 4.78 is 28.9. The number of aromatic nitrogens is 1. The molecular weight excluding hydrogens is 250 g/mol. The van der Waals surface area contributed by atoms with Crippen LogP contribution in [0.1, 0.15) is 33.4 Å². The van der Waals surface area contributed by atoms with Crippen molar-refractivity contribution < 1.29 is 8.42 Å². The molecule has 1 aromatic heterocycles. The lowest BCUT2D eigenvalue weighted by molar-refractivity contribution is 0.476. The van der Waals surface area contributed by atoms with Gasteiger partial charge in [0.2, 0.25) is 10.0 Å². The maximum Gasteiger partial charge on any atom is 0.242 e. The fraction of sp³-hybridized carbons (Fsp3) is 0.667. The van der Waals surface area contributed by atoms with E-state index in [0.717, 1.165) is 5.69 Å². The van der Waals surface area contributed by atoms with Crippen molar-refractivity contribution in [1.82, 2.24) is 9.29 Å². The first kappa shape index (κ1) is 15.2. The molecule has 0 aromatic carbocycles. The predicted molar refractivity (Wildman–Crippen MR) is 72.6 cm³/mol. The number of hydrogen-bond acceptors (Lipinski definition) is 3. The Balaban J connectivity index is 3.02. The third-order valence-electron chi connectivity index (χ3n) is 3.16. The van der Waals surface area contributed by atoms with E-state index in [2.05, 4.69) is 4.72 Å². The van der Waals surface area contributed by atoms with E-state index in [9.17, 15) is 8.42 Å². The Morgan fingerprint density at radius 2 is 2.00 bits per heavy atom. The summed E-state index contributed by atoms with van der Waals surface area (Å²) >= 11 is 0. The highest BCUT2D eigenvalue weighted by Gasteiger charge is 2.21. The van der Waals surface area contributed by atoms with Crippen molar-refractivity contribution in [1.29, 1.82) is 0 Å². The van der Waals surface area contributed by atoms with Gasteiger partial charge in [-0.05, 0) is 25.8 Å². The van der Waals surface area contributed by atoms with Gasteiger partial charge in [0.25, 0.3) is 0 Å². The van der Waals surface area contributed by atoms with Crippen molar-refractivity contribution in [2.45, 2.75) is 51.7 Å².